The molecule has 0 radical (unpaired) electrons. The lowest BCUT2D eigenvalue weighted by atomic mass is 10.1. The zero-order chi connectivity index (χ0) is 18.1. The molecule has 2 rings (SSSR count). The Hall–Kier alpha value is -3.21. The molecule has 128 valence electrons. The largest absolute Gasteiger partial charge is 0.462 e. The molecule has 5 nitrogen and oxygen atoms in total. The summed E-state index contributed by atoms with van der Waals surface area (Å²) in [6.07, 6.45) is 4.65. The summed E-state index contributed by atoms with van der Waals surface area (Å²) in [7, 11) is 0. The van der Waals surface area contributed by atoms with E-state index >= 15 is 0 Å². The number of hydrazone groups is 1. The first-order valence-corrected chi connectivity index (χ1v) is 7.93. The minimum Gasteiger partial charge on any atom is -0.462 e. The number of carbonyl (C=O) groups excluding carboxylic acids is 2. The van der Waals surface area contributed by atoms with Gasteiger partial charge in [-0.15, -0.1) is 0 Å². The molecule has 0 aliphatic rings. The Kier molecular flexibility index (Phi) is 6.65. The Morgan fingerprint density at radius 3 is 2.32 bits per heavy atom. The van der Waals surface area contributed by atoms with Crippen molar-refractivity contribution in [1.82, 2.24) is 5.43 Å². The van der Waals surface area contributed by atoms with Crippen LogP contribution in [-0.2, 0) is 9.53 Å². The van der Waals surface area contributed by atoms with Gasteiger partial charge in [-0.1, -0.05) is 42.0 Å². The van der Waals surface area contributed by atoms with Crippen LogP contribution in [0.1, 0.15) is 34.0 Å². The number of rotatable bonds is 6. The summed E-state index contributed by atoms with van der Waals surface area (Å²) in [4.78, 5) is 23.3. The van der Waals surface area contributed by atoms with Gasteiger partial charge in [0.1, 0.15) is 0 Å². The molecule has 0 atom stereocenters. The maximum atomic E-state index is 11.7. The second kappa shape index (κ2) is 9.17. The van der Waals surface area contributed by atoms with E-state index in [1.54, 1.807) is 37.3 Å². The first kappa shape index (κ1) is 18.1. The summed E-state index contributed by atoms with van der Waals surface area (Å²) in [5.74, 6) is -0.680. The fraction of sp³-hybridized carbons (Fsp3) is 0.150. The van der Waals surface area contributed by atoms with Gasteiger partial charge in [0, 0.05) is 6.08 Å². The maximum absolute atomic E-state index is 11.7. The average molecular weight is 336 g/mol. The van der Waals surface area contributed by atoms with E-state index in [1.165, 1.54) is 17.9 Å². The Balaban J connectivity index is 1.86. The van der Waals surface area contributed by atoms with Crippen LogP contribution in [0.5, 0.6) is 0 Å². The number of carbonyl (C=O) groups is 2. The van der Waals surface area contributed by atoms with Gasteiger partial charge < -0.3 is 4.74 Å². The van der Waals surface area contributed by atoms with E-state index in [9.17, 15) is 9.59 Å². The third kappa shape index (κ3) is 6.06. The molecule has 0 spiro atoms. The highest BCUT2D eigenvalue weighted by Gasteiger charge is 2.04. The highest BCUT2D eigenvalue weighted by atomic mass is 16.5. The molecule has 0 heterocycles. The van der Waals surface area contributed by atoms with Crippen LogP contribution < -0.4 is 5.43 Å². The van der Waals surface area contributed by atoms with Crippen molar-refractivity contribution in [2.75, 3.05) is 6.61 Å². The van der Waals surface area contributed by atoms with E-state index in [-0.39, 0.29) is 11.9 Å². The van der Waals surface area contributed by atoms with Gasteiger partial charge in [-0.05, 0) is 43.2 Å². The molecule has 0 aromatic heterocycles. The van der Waals surface area contributed by atoms with E-state index in [4.69, 9.17) is 4.74 Å². The summed E-state index contributed by atoms with van der Waals surface area (Å²) in [6, 6.07) is 14.6. The minimum absolute atomic E-state index is 0.319. The van der Waals surface area contributed by atoms with Crippen LogP contribution in [0.4, 0.5) is 0 Å². The van der Waals surface area contributed by atoms with Crippen LogP contribution in [0.2, 0.25) is 0 Å². The Bertz CT molecular complexity index is 776. The van der Waals surface area contributed by atoms with E-state index in [0.29, 0.717) is 12.2 Å². The van der Waals surface area contributed by atoms with Crippen molar-refractivity contribution in [3.63, 3.8) is 0 Å². The van der Waals surface area contributed by atoms with E-state index in [0.717, 1.165) is 11.1 Å². The Labute approximate surface area is 147 Å². The van der Waals surface area contributed by atoms with Crippen molar-refractivity contribution >= 4 is 24.2 Å². The topological polar surface area (TPSA) is 67.8 Å². The predicted molar refractivity (Wildman–Crippen MR) is 98.3 cm³/mol. The number of nitrogens with zero attached hydrogens (tertiary/aromatic N) is 1. The fourth-order valence-electron chi connectivity index (χ4n) is 1.98. The molecule has 5 heteroatoms. The standard InChI is InChI=1S/C20H20N2O3/c1-3-25-20(24)18-11-8-17(9-12-18)14-21-22-19(23)13-10-16-6-4-15(2)5-7-16/h4-14H,3H2,1-2H3,(H,22,23)/b13-10+,21-14+. The van der Waals surface area contributed by atoms with E-state index < -0.39 is 0 Å². The molecule has 0 unspecified atom stereocenters. The molecule has 0 aliphatic heterocycles. The molecule has 0 saturated heterocycles. The van der Waals surface area contributed by atoms with Crippen LogP contribution in [0.15, 0.2) is 59.7 Å². The molecule has 0 aliphatic carbocycles. The van der Waals surface area contributed by atoms with E-state index in [1.807, 2.05) is 31.2 Å². The molecule has 1 N–H and O–H groups in total. The fourth-order valence-corrected chi connectivity index (χ4v) is 1.98. The van der Waals surface area contributed by atoms with Gasteiger partial charge in [-0.3, -0.25) is 4.79 Å². The van der Waals surface area contributed by atoms with Crippen molar-refractivity contribution in [3.05, 3.63) is 76.9 Å². The second-order valence-electron chi connectivity index (χ2n) is 5.32. The number of aryl methyl sites for hydroxylation is 1. The summed E-state index contributed by atoms with van der Waals surface area (Å²) in [5, 5.41) is 3.89. The van der Waals surface area contributed by atoms with Gasteiger partial charge >= 0.3 is 5.97 Å². The molecule has 0 saturated carbocycles. The molecule has 0 fully saturated rings. The van der Waals surface area contributed by atoms with Crippen molar-refractivity contribution < 1.29 is 14.3 Å². The first-order valence-electron chi connectivity index (χ1n) is 7.93. The lowest BCUT2D eigenvalue weighted by molar-refractivity contribution is -0.116. The normalized spacial score (nSPS) is 11.0. The summed E-state index contributed by atoms with van der Waals surface area (Å²) in [5.41, 5.74) is 5.77. The predicted octanol–water partition coefficient (Wildman–Crippen LogP) is 3.34. The molecule has 2 aromatic rings. The van der Waals surface area contributed by atoms with Crippen LogP contribution >= 0.6 is 0 Å². The smallest absolute Gasteiger partial charge is 0.338 e. The van der Waals surface area contributed by atoms with Gasteiger partial charge in [0.25, 0.3) is 5.91 Å². The first-order chi connectivity index (χ1) is 12.1. The Morgan fingerprint density at radius 1 is 1.04 bits per heavy atom. The number of nitrogens with one attached hydrogen (secondary N) is 1. The number of esters is 1. The summed E-state index contributed by atoms with van der Waals surface area (Å²) in [6.45, 7) is 4.10. The van der Waals surface area contributed by atoms with Crippen LogP contribution in [-0.4, -0.2) is 24.7 Å². The monoisotopic (exact) mass is 336 g/mol. The summed E-state index contributed by atoms with van der Waals surface area (Å²) < 4.78 is 4.91. The highest BCUT2D eigenvalue weighted by Crippen LogP contribution is 2.05. The SMILES string of the molecule is CCOC(=O)c1ccc(/C=N/NC(=O)/C=C/c2ccc(C)cc2)cc1. The van der Waals surface area contributed by atoms with Crippen molar-refractivity contribution in [2.24, 2.45) is 5.10 Å². The quantitative estimate of drug-likeness (QED) is 0.381. The zero-order valence-electron chi connectivity index (χ0n) is 14.2. The third-order valence-corrected chi connectivity index (χ3v) is 3.31. The number of hydrogen-bond donors (Lipinski definition) is 1. The molecule has 25 heavy (non-hydrogen) atoms. The molecule has 1 amide bonds. The highest BCUT2D eigenvalue weighted by molar-refractivity contribution is 5.93. The average Bonchev–Trinajstić information content (AvgIpc) is 2.62. The number of amides is 1. The maximum Gasteiger partial charge on any atom is 0.338 e. The Morgan fingerprint density at radius 2 is 1.68 bits per heavy atom. The molecule has 2 aromatic carbocycles. The van der Waals surface area contributed by atoms with E-state index in [2.05, 4.69) is 10.5 Å². The van der Waals surface area contributed by atoms with Crippen molar-refractivity contribution in [3.8, 4) is 0 Å². The zero-order valence-corrected chi connectivity index (χ0v) is 14.2. The van der Waals surface area contributed by atoms with Crippen LogP contribution in [0.25, 0.3) is 6.08 Å². The summed E-state index contributed by atoms with van der Waals surface area (Å²) >= 11 is 0. The van der Waals surface area contributed by atoms with Crippen LogP contribution in [0, 0.1) is 6.92 Å². The second-order valence-corrected chi connectivity index (χ2v) is 5.32. The van der Waals surface area contributed by atoms with Gasteiger partial charge in [0.2, 0.25) is 0 Å². The number of benzene rings is 2. The number of ether oxygens (including phenoxy) is 1. The van der Waals surface area contributed by atoms with Gasteiger partial charge in [0.15, 0.2) is 0 Å². The van der Waals surface area contributed by atoms with Crippen molar-refractivity contribution in [2.45, 2.75) is 13.8 Å². The molecule has 0 bridgehead atoms. The lowest BCUT2D eigenvalue weighted by Crippen LogP contribution is -2.14. The third-order valence-electron chi connectivity index (χ3n) is 3.31. The van der Waals surface area contributed by atoms with Gasteiger partial charge in [-0.25, -0.2) is 10.2 Å². The lowest BCUT2D eigenvalue weighted by Gasteiger charge is -2.01. The minimum atomic E-state index is -0.361. The van der Waals surface area contributed by atoms with Gasteiger partial charge in [0.05, 0.1) is 18.4 Å². The number of hydrogen-bond acceptors (Lipinski definition) is 4. The van der Waals surface area contributed by atoms with Crippen molar-refractivity contribution in [1.29, 1.82) is 0 Å². The molecular weight excluding hydrogens is 316 g/mol. The molecular formula is C20H20N2O3. The van der Waals surface area contributed by atoms with Gasteiger partial charge in [-0.2, -0.15) is 5.10 Å². The van der Waals surface area contributed by atoms with Crippen LogP contribution in [0.3, 0.4) is 0 Å².